The first-order chi connectivity index (χ1) is 10.7. The lowest BCUT2D eigenvalue weighted by Gasteiger charge is -2.13. The van der Waals surface area contributed by atoms with Gasteiger partial charge < -0.3 is 20.0 Å². The summed E-state index contributed by atoms with van der Waals surface area (Å²) in [4.78, 5) is 28.6. The average Bonchev–Trinajstić information content (AvgIpc) is 3.26. The molecule has 4 rings (SSSR count). The maximum Gasteiger partial charge on any atom is 0.270 e. The van der Waals surface area contributed by atoms with Gasteiger partial charge in [0.15, 0.2) is 0 Å². The predicted molar refractivity (Wildman–Crippen MR) is 82.3 cm³/mol. The molecule has 1 atom stereocenters. The lowest BCUT2D eigenvalue weighted by molar-refractivity contribution is 0.0760. The molecule has 1 aliphatic rings. The maximum atomic E-state index is 12.4. The fourth-order valence-corrected chi connectivity index (χ4v) is 2.85. The van der Waals surface area contributed by atoms with Crippen LogP contribution in [0.2, 0.25) is 0 Å². The van der Waals surface area contributed by atoms with Crippen LogP contribution in [0.3, 0.4) is 0 Å². The molecule has 0 spiro atoms. The van der Waals surface area contributed by atoms with Crippen molar-refractivity contribution >= 4 is 16.9 Å². The molecule has 114 valence electrons. The summed E-state index contributed by atoms with van der Waals surface area (Å²) in [6.45, 7) is 0.979. The number of fused-ring (bicyclic) bond motifs is 1. The van der Waals surface area contributed by atoms with Crippen LogP contribution in [-0.4, -0.2) is 55.0 Å². The molecule has 1 aliphatic heterocycles. The van der Waals surface area contributed by atoms with Crippen molar-refractivity contribution < 1.29 is 11.3 Å². The maximum absolute atomic E-state index is 12.4. The average molecular weight is 299 g/mol. The van der Waals surface area contributed by atoms with Crippen molar-refractivity contribution in [3.63, 3.8) is 0 Å². The number of H-pyrrole nitrogens is 2. The summed E-state index contributed by atoms with van der Waals surface area (Å²) in [5, 5.41) is 10.5. The summed E-state index contributed by atoms with van der Waals surface area (Å²) in [6, 6.07) is 3.71. The van der Waals surface area contributed by atoms with Crippen LogP contribution < -0.4 is 0 Å². The van der Waals surface area contributed by atoms with Crippen molar-refractivity contribution in [3.05, 3.63) is 36.5 Å². The molecule has 4 heterocycles. The Morgan fingerprint density at radius 2 is 2.32 bits per heavy atom. The van der Waals surface area contributed by atoms with Gasteiger partial charge >= 0.3 is 0 Å². The fraction of sp³-hybridized carbons (Fsp3) is 0.267. The summed E-state index contributed by atoms with van der Waals surface area (Å²) >= 11 is 0. The highest BCUT2D eigenvalue weighted by atomic mass is 16.3. The van der Waals surface area contributed by atoms with E-state index in [2.05, 4.69) is 19.9 Å². The summed E-state index contributed by atoms with van der Waals surface area (Å²) < 4.78 is 0. The lowest BCUT2D eigenvalue weighted by atomic mass is 10.1. The first kappa shape index (κ1) is 13.0. The normalized spacial score (nSPS) is 18.2. The van der Waals surface area contributed by atoms with Crippen molar-refractivity contribution in [2.45, 2.75) is 12.5 Å². The third-order valence-electron chi connectivity index (χ3n) is 3.99. The van der Waals surface area contributed by atoms with Gasteiger partial charge in [-0.2, -0.15) is 0 Å². The molecule has 0 bridgehead atoms. The number of rotatable bonds is 2. The third-order valence-corrected chi connectivity index (χ3v) is 3.99. The molecule has 3 N–H and O–H groups in total. The zero-order valence-corrected chi connectivity index (χ0v) is 11.8. The highest BCUT2D eigenvalue weighted by Gasteiger charge is 2.26. The summed E-state index contributed by atoms with van der Waals surface area (Å²) in [5.41, 5.74) is 2.89. The first-order valence-corrected chi connectivity index (χ1v) is 7.16. The highest BCUT2D eigenvalue weighted by Crippen LogP contribution is 2.26. The second-order valence-corrected chi connectivity index (χ2v) is 5.46. The van der Waals surface area contributed by atoms with Crippen molar-refractivity contribution in [3.8, 4) is 11.3 Å². The molecule has 0 aromatic carbocycles. The number of hydrogen-bond acceptors (Lipinski definition) is 4. The zero-order chi connectivity index (χ0) is 15.1. The minimum absolute atomic E-state index is 0. The number of hydrogen-bond donors (Lipinski definition) is 3. The standard InChI is InChI=1S/C15H15N5O2.H2/c21-10-2-4-20(7-10)15(22)12-5-9(6-17-12)13-11-1-3-16-14(11)19-8-18-13;/h1,3,5-6,8,10,17,21H,2,4,7H2,(H,16,18,19);1H. The first-order valence-electron chi connectivity index (χ1n) is 7.16. The van der Waals surface area contributed by atoms with Crippen LogP contribution in [-0.2, 0) is 0 Å². The van der Waals surface area contributed by atoms with E-state index >= 15 is 0 Å². The number of aromatic nitrogens is 4. The van der Waals surface area contributed by atoms with Crippen molar-refractivity contribution in [1.82, 2.24) is 24.8 Å². The Morgan fingerprint density at radius 3 is 3.14 bits per heavy atom. The number of nitrogens with one attached hydrogen (secondary N) is 2. The molecule has 1 amide bonds. The van der Waals surface area contributed by atoms with Gasteiger partial charge in [0.05, 0.1) is 11.8 Å². The van der Waals surface area contributed by atoms with E-state index in [-0.39, 0.29) is 7.33 Å². The Labute approximate surface area is 127 Å². The molecule has 7 heteroatoms. The van der Waals surface area contributed by atoms with E-state index in [4.69, 9.17) is 0 Å². The van der Waals surface area contributed by atoms with E-state index in [9.17, 15) is 9.90 Å². The van der Waals surface area contributed by atoms with Gasteiger partial charge in [-0.3, -0.25) is 4.79 Å². The summed E-state index contributed by atoms with van der Waals surface area (Å²) in [5.74, 6) is -0.0952. The Hall–Kier alpha value is -2.67. The van der Waals surface area contributed by atoms with E-state index in [0.717, 1.165) is 22.3 Å². The van der Waals surface area contributed by atoms with Crippen LogP contribution in [0.25, 0.3) is 22.3 Å². The van der Waals surface area contributed by atoms with E-state index in [1.165, 1.54) is 6.33 Å². The van der Waals surface area contributed by atoms with Gasteiger partial charge in [0, 0.05) is 37.9 Å². The highest BCUT2D eigenvalue weighted by molar-refractivity contribution is 5.96. The van der Waals surface area contributed by atoms with Crippen LogP contribution in [0.4, 0.5) is 0 Å². The molecule has 0 radical (unpaired) electrons. The van der Waals surface area contributed by atoms with Gasteiger partial charge in [-0.05, 0) is 18.6 Å². The van der Waals surface area contributed by atoms with Gasteiger partial charge in [-0.15, -0.1) is 0 Å². The van der Waals surface area contributed by atoms with Crippen molar-refractivity contribution in [1.29, 1.82) is 0 Å². The number of aromatic amines is 2. The molecule has 3 aromatic heterocycles. The number of carbonyl (C=O) groups is 1. The Balaban J connectivity index is 0.00000156. The van der Waals surface area contributed by atoms with Gasteiger partial charge in [-0.25, -0.2) is 9.97 Å². The molecule has 22 heavy (non-hydrogen) atoms. The van der Waals surface area contributed by atoms with E-state index < -0.39 is 6.10 Å². The lowest BCUT2D eigenvalue weighted by Crippen LogP contribution is -2.29. The van der Waals surface area contributed by atoms with Crippen molar-refractivity contribution in [2.24, 2.45) is 0 Å². The Morgan fingerprint density at radius 1 is 1.41 bits per heavy atom. The van der Waals surface area contributed by atoms with Crippen LogP contribution in [0.15, 0.2) is 30.9 Å². The summed E-state index contributed by atoms with van der Waals surface area (Å²) in [6.07, 6.45) is 5.30. The number of likely N-dealkylation sites (tertiary alicyclic amines) is 1. The molecular formula is C15H17N5O2. The Kier molecular flexibility index (Phi) is 2.93. The molecular weight excluding hydrogens is 282 g/mol. The van der Waals surface area contributed by atoms with E-state index in [0.29, 0.717) is 25.2 Å². The minimum atomic E-state index is -0.417. The monoisotopic (exact) mass is 299 g/mol. The molecule has 0 saturated carbocycles. The Bertz CT molecular complexity index is 843. The van der Waals surface area contributed by atoms with Crippen LogP contribution in [0.5, 0.6) is 0 Å². The van der Waals surface area contributed by atoms with Crippen LogP contribution >= 0.6 is 0 Å². The molecule has 0 aliphatic carbocycles. The molecule has 1 saturated heterocycles. The van der Waals surface area contributed by atoms with Gasteiger partial charge in [0.2, 0.25) is 0 Å². The van der Waals surface area contributed by atoms with Crippen LogP contribution in [0.1, 0.15) is 18.3 Å². The third kappa shape index (κ3) is 2.06. The number of β-amino-alcohol motifs (C(OH)–C–C–N with tert-alkyl or cyclic N) is 1. The number of aliphatic hydroxyl groups is 1. The number of aliphatic hydroxyl groups excluding tert-OH is 1. The topological polar surface area (TPSA) is 97.9 Å². The van der Waals surface area contributed by atoms with E-state index in [1.54, 1.807) is 17.2 Å². The quantitative estimate of drug-likeness (QED) is 0.666. The predicted octanol–water partition coefficient (Wildman–Crippen LogP) is 1.41. The smallest absolute Gasteiger partial charge is 0.270 e. The second kappa shape index (κ2) is 4.96. The summed E-state index contributed by atoms with van der Waals surface area (Å²) in [7, 11) is 0. The molecule has 1 unspecified atom stereocenters. The molecule has 7 nitrogen and oxygen atoms in total. The number of carbonyl (C=O) groups excluding carboxylic acids is 1. The second-order valence-electron chi connectivity index (χ2n) is 5.46. The largest absolute Gasteiger partial charge is 0.391 e. The number of nitrogens with zero attached hydrogens (tertiary/aromatic N) is 3. The SMILES string of the molecule is O=C(c1cc(-c2ncnc3[nH]ccc23)c[nH]1)N1CCC(O)C1.[HH]. The van der Waals surface area contributed by atoms with E-state index in [1.807, 2.05) is 12.3 Å². The zero-order valence-electron chi connectivity index (χ0n) is 11.8. The van der Waals surface area contributed by atoms with Gasteiger partial charge in [0.25, 0.3) is 5.91 Å². The number of amides is 1. The molecule has 3 aromatic rings. The fourth-order valence-electron chi connectivity index (χ4n) is 2.85. The van der Waals surface area contributed by atoms with Crippen LogP contribution in [0, 0.1) is 0 Å². The minimum Gasteiger partial charge on any atom is -0.391 e. The molecule has 1 fully saturated rings. The van der Waals surface area contributed by atoms with Gasteiger partial charge in [0.1, 0.15) is 17.7 Å². The van der Waals surface area contributed by atoms with Gasteiger partial charge in [-0.1, -0.05) is 0 Å². The van der Waals surface area contributed by atoms with Crippen molar-refractivity contribution in [2.75, 3.05) is 13.1 Å².